The number of rotatable bonds is 4. The van der Waals surface area contributed by atoms with Crippen LogP contribution in [0.15, 0.2) is 35.3 Å². The van der Waals surface area contributed by atoms with Gasteiger partial charge in [0, 0.05) is 18.2 Å². The highest BCUT2D eigenvalue weighted by atomic mass is 31.2. The summed E-state index contributed by atoms with van der Waals surface area (Å²) >= 11 is 0. The van der Waals surface area contributed by atoms with E-state index >= 15 is 0 Å². The van der Waals surface area contributed by atoms with Crippen LogP contribution in [0.2, 0.25) is 0 Å². The number of ether oxygens (including phenoxy) is 1. The summed E-state index contributed by atoms with van der Waals surface area (Å²) < 4.78 is 24.3. The van der Waals surface area contributed by atoms with Gasteiger partial charge in [-0.25, -0.2) is 4.79 Å². The predicted octanol–water partition coefficient (Wildman–Crippen LogP) is 2.12. The zero-order chi connectivity index (χ0) is 20.4. The van der Waals surface area contributed by atoms with Gasteiger partial charge in [0.05, 0.1) is 24.9 Å². The van der Waals surface area contributed by atoms with E-state index in [2.05, 4.69) is 16.8 Å². The van der Waals surface area contributed by atoms with Gasteiger partial charge in [-0.05, 0) is 18.4 Å². The molecule has 1 saturated heterocycles. The van der Waals surface area contributed by atoms with Gasteiger partial charge in [0.25, 0.3) is 0 Å². The molecule has 0 spiro atoms. The zero-order valence-corrected chi connectivity index (χ0v) is 16.3. The highest BCUT2D eigenvalue weighted by molar-refractivity contribution is 7.42. The molecule has 0 amide bonds. The predicted molar refractivity (Wildman–Crippen MR) is 106 cm³/mol. The molecular weight excluding hydrogens is 393 g/mol. The fourth-order valence-corrected chi connectivity index (χ4v) is 4.26. The van der Waals surface area contributed by atoms with Crippen LogP contribution in [-0.2, 0) is 26.1 Å². The highest BCUT2D eigenvalue weighted by Gasteiger charge is 2.42. The number of aromatic nitrogens is 2. The van der Waals surface area contributed by atoms with Crippen molar-refractivity contribution in [2.24, 2.45) is 0 Å². The minimum atomic E-state index is -1.54. The Balaban J connectivity index is 1.44. The number of fused-ring (bicyclic) bond motifs is 1. The summed E-state index contributed by atoms with van der Waals surface area (Å²) in [5, 5.41) is 0. The number of para-hydroxylation sites is 1. The molecule has 0 aliphatic carbocycles. The van der Waals surface area contributed by atoms with Gasteiger partial charge in [0.1, 0.15) is 11.6 Å². The number of hydrogen-bond acceptors (Lipinski definition) is 7. The summed E-state index contributed by atoms with van der Waals surface area (Å²) in [5.41, 5.74) is 4.99. The molecule has 4 rings (SSSR count). The van der Waals surface area contributed by atoms with Crippen LogP contribution in [0.3, 0.4) is 0 Å². The normalized spacial score (nSPS) is 25.4. The lowest BCUT2D eigenvalue weighted by Crippen LogP contribution is -2.42. The number of benzene rings is 1. The molecule has 3 atom stereocenters. The van der Waals surface area contributed by atoms with Gasteiger partial charge in [-0.2, -0.15) is 4.98 Å². The Hall–Kier alpha value is -2.87. The van der Waals surface area contributed by atoms with Crippen molar-refractivity contribution in [1.82, 2.24) is 9.55 Å². The molecule has 2 aliphatic rings. The van der Waals surface area contributed by atoms with E-state index in [1.807, 2.05) is 24.3 Å². The van der Waals surface area contributed by atoms with Crippen molar-refractivity contribution in [1.29, 1.82) is 0 Å². The quantitative estimate of drug-likeness (QED) is 0.608. The lowest BCUT2D eigenvalue weighted by atomic mass is 10.1. The van der Waals surface area contributed by atoms with Gasteiger partial charge < -0.3 is 15.0 Å². The van der Waals surface area contributed by atoms with E-state index in [-0.39, 0.29) is 24.1 Å². The first kappa shape index (κ1) is 19.4. The summed E-state index contributed by atoms with van der Waals surface area (Å²) in [6, 6.07) is 7.62. The molecule has 9 heteroatoms. The van der Waals surface area contributed by atoms with Crippen LogP contribution in [0.5, 0.6) is 5.75 Å². The second-order valence-corrected chi connectivity index (χ2v) is 7.68. The first-order chi connectivity index (χ1) is 14.0. The fourth-order valence-electron chi connectivity index (χ4n) is 3.21. The van der Waals surface area contributed by atoms with Crippen molar-refractivity contribution in [3.05, 3.63) is 52.1 Å². The second kappa shape index (κ2) is 7.87. The molecule has 0 bridgehead atoms. The molecule has 2 N–H and O–H groups in total. The van der Waals surface area contributed by atoms with Gasteiger partial charge in [0.2, 0.25) is 5.72 Å². The Labute approximate surface area is 168 Å². The third-order valence-corrected chi connectivity index (χ3v) is 5.78. The van der Waals surface area contributed by atoms with Crippen molar-refractivity contribution in [3.63, 3.8) is 0 Å². The first-order valence-electron chi connectivity index (χ1n) is 8.88. The SMILES string of the molecule is C#Cc1cn(C2(C#C)CCC(COP3OCc4ccccc4O3)O2)c(=O)nc1N. The van der Waals surface area contributed by atoms with Gasteiger partial charge >= 0.3 is 14.3 Å². The number of anilines is 1. The molecular formula is C20H18N3O5P. The minimum absolute atomic E-state index is 0.0199. The van der Waals surface area contributed by atoms with E-state index in [1.165, 1.54) is 10.8 Å². The maximum atomic E-state index is 12.3. The molecule has 3 heterocycles. The number of nitrogens with two attached hydrogens (primary N) is 1. The van der Waals surface area contributed by atoms with Crippen molar-refractivity contribution >= 4 is 14.4 Å². The molecule has 0 radical (unpaired) electrons. The highest BCUT2D eigenvalue weighted by Crippen LogP contribution is 2.47. The van der Waals surface area contributed by atoms with E-state index in [0.29, 0.717) is 19.4 Å². The summed E-state index contributed by atoms with van der Waals surface area (Å²) in [7, 11) is -1.54. The molecule has 29 heavy (non-hydrogen) atoms. The van der Waals surface area contributed by atoms with Gasteiger partial charge in [-0.3, -0.25) is 13.6 Å². The zero-order valence-electron chi connectivity index (χ0n) is 15.4. The van der Waals surface area contributed by atoms with Crippen LogP contribution in [0, 0.1) is 24.7 Å². The first-order valence-corrected chi connectivity index (χ1v) is 9.98. The summed E-state index contributed by atoms with van der Waals surface area (Å²) in [4.78, 5) is 16.1. The number of nitrogens with zero attached hydrogens (tertiary/aromatic N) is 2. The maximum absolute atomic E-state index is 12.3. The minimum Gasteiger partial charge on any atom is -0.426 e. The van der Waals surface area contributed by atoms with Crippen LogP contribution in [-0.4, -0.2) is 22.3 Å². The number of hydrogen-bond donors (Lipinski definition) is 1. The number of terminal acetylenes is 2. The van der Waals surface area contributed by atoms with E-state index in [1.54, 1.807) is 0 Å². The molecule has 0 saturated carbocycles. The van der Waals surface area contributed by atoms with Crippen LogP contribution in [0.1, 0.15) is 24.0 Å². The van der Waals surface area contributed by atoms with Crippen LogP contribution >= 0.6 is 8.60 Å². The average Bonchev–Trinajstić information content (AvgIpc) is 3.17. The summed E-state index contributed by atoms with van der Waals surface area (Å²) in [5.74, 6) is 5.68. The Morgan fingerprint density at radius 3 is 3.03 bits per heavy atom. The maximum Gasteiger partial charge on any atom is 0.397 e. The Kier molecular flexibility index (Phi) is 5.27. The van der Waals surface area contributed by atoms with E-state index in [0.717, 1.165) is 11.3 Å². The fraction of sp³-hybridized carbons (Fsp3) is 0.300. The Morgan fingerprint density at radius 2 is 2.24 bits per heavy atom. The number of nitrogen functional groups attached to an aromatic ring is 1. The van der Waals surface area contributed by atoms with Gasteiger partial charge in [0.15, 0.2) is 0 Å². The average molecular weight is 411 g/mol. The third kappa shape index (κ3) is 3.72. The smallest absolute Gasteiger partial charge is 0.397 e. The summed E-state index contributed by atoms with van der Waals surface area (Å²) in [6.45, 7) is 0.625. The van der Waals surface area contributed by atoms with Gasteiger partial charge in [-0.1, -0.05) is 24.1 Å². The van der Waals surface area contributed by atoms with Crippen molar-refractivity contribution in [2.75, 3.05) is 12.3 Å². The molecule has 1 aromatic carbocycles. The molecule has 1 aromatic heterocycles. The van der Waals surface area contributed by atoms with Crippen LogP contribution in [0.25, 0.3) is 0 Å². The molecule has 8 nitrogen and oxygen atoms in total. The van der Waals surface area contributed by atoms with Crippen LogP contribution in [0.4, 0.5) is 5.82 Å². The van der Waals surface area contributed by atoms with Crippen molar-refractivity contribution in [3.8, 4) is 30.4 Å². The second-order valence-electron chi connectivity index (χ2n) is 6.54. The molecule has 148 valence electrons. The molecule has 3 unspecified atom stereocenters. The third-order valence-electron chi connectivity index (χ3n) is 4.73. The Morgan fingerprint density at radius 1 is 1.41 bits per heavy atom. The van der Waals surface area contributed by atoms with Gasteiger partial charge in [-0.15, -0.1) is 12.8 Å². The lowest BCUT2D eigenvalue weighted by Gasteiger charge is -2.27. The molecule has 1 fully saturated rings. The van der Waals surface area contributed by atoms with Crippen molar-refractivity contribution in [2.45, 2.75) is 31.3 Å². The Bertz CT molecular complexity index is 1070. The standard InChI is InChI=1S/C20H18N3O5P/c1-3-14-11-23(19(24)22-18(14)21)20(4-2)10-9-16(27-20)13-26-29-25-12-15-7-5-6-8-17(15)28-29/h1-2,5-8,11,16H,9-10,12-13H2,(H2,21,22,24). The van der Waals surface area contributed by atoms with Crippen LogP contribution < -0.4 is 15.9 Å². The largest absolute Gasteiger partial charge is 0.426 e. The van der Waals surface area contributed by atoms with Crippen molar-refractivity contribution < 1.29 is 18.3 Å². The molecule has 2 aliphatic heterocycles. The van der Waals surface area contributed by atoms with E-state index in [9.17, 15) is 4.79 Å². The van der Waals surface area contributed by atoms with E-state index in [4.69, 9.17) is 36.9 Å². The summed E-state index contributed by atoms with van der Waals surface area (Å²) in [6.07, 6.45) is 13.2. The molecule has 2 aromatic rings. The topological polar surface area (TPSA) is 97.8 Å². The lowest BCUT2D eigenvalue weighted by molar-refractivity contribution is -0.0707. The van der Waals surface area contributed by atoms with E-state index < -0.39 is 20.0 Å². The monoisotopic (exact) mass is 411 g/mol.